The minimum absolute atomic E-state index is 0.891. The molecule has 3 heteroatoms. The predicted octanol–water partition coefficient (Wildman–Crippen LogP) is 4.12. The van der Waals surface area contributed by atoms with Crippen LogP contribution >= 0.6 is 0 Å². The molecule has 0 N–H and O–H groups in total. The second-order valence-electron chi connectivity index (χ2n) is 4.72. The van der Waals surface area contributed by atoms with Gasteiger partial charge in [-0.05, 0) is 0 Å². The molecule has 0 aliphatic carbocycles. The van der Waals surface area contributed by atoms with Crippen LogP contribution in [0.5, 0.6) is 0 Å². The van der Waals surface area contributed by atoms with E-state index in [1.54, 1.807) is 18.1 Å². The van der Waals surface area contributed by atoms with E-state index < -0.39 is 7.59 Å². The van der Waals surface area contributed by atoms with E-state index in [0.717, 1.165) is 8.55 Å². The van der Waals surface area contributed by atoms with E-state index in [4.69, 9.17) is 0 Å². The van der Waals surface area contributed by atoms with Gasteiger partial charge in [-0.3, -0.25) is 0 Å². The fraction of sp³-hybridized carbons (Fsp3) is 1.00. The summed E-state index contributed by atoms with van der Waals surface area (Å²) in [5.74, 6) is 0. The Bertz CT molecular complexity index is 115. The average Bonchev–Trinajstić information content (AvgIpc) is 2.29. The molecule has 0 heterocycles. The molecule has 0 unspecified atom stereocenters. The summed E-state index contributed by atoms with van der Waals surface area (Å²) >= 11 is 0. The van der Waals surface area contributed by atoms with Gasteiger partial charge >= 0.3 is 0 Å². The van der Waals surface area contributed by atoms with Crippen molar-refractivity contribution in [1.29, 1.82) is 0 Å². The molecule has 15 heavy (non-hydrogen) atoms. The molecular weight excluding hydrogens is 228 g/mol. The quantitative estimate of drug-likeness (QED) is 0.515. The van der Waals surface area contributed by atoms with Gasteiger partial charge < -0.3 is 0 Å². The second kappa shape index (κ2) is 9.85. The molecule has 5 radical (unpaired) electrons. The van der Waals surface area contributed by atoms with Crippen molar-refractivity contribution in [2.24, 2.45) is 0 Å². The highest BCUT2D eigenvalue weighted by molar-refractivity contribution is 7.40. The van der Waals surface area contributed by atoms with Gasteiger partial charge in [-0.1, -0.05) is 77.4 Å². The van der Waals surface area contributed by atoms with Crippen molar-refractivity contribution >= 4 is 25.9 Å². The Kier molecular flexibility index (Phi) is 10.3. The lowest BCUT2D eigenvalue weighted by Crippen LogP contribution is -2.42. The Hall–Kier alpha value is 0.651. The van der Waals surface area contributed by atoms with Crippen molar-refractivity contribution < 1.29 is 0 Å². The van der Waals surface area contributed by atoms with E-state index in [0.29, 0.717) is 0 Å². The zero-order valence-corrected chi connectivity index (χ0v) is 13.9. The van der Waals surface area contributed by atoms with Crippen molar-refractivity contribution in [3.8, 4) is 0 Å². The van der Waals surface area contributed by atoms with E-state index in [-0.39, 0.29) is 0 Å². The highest BCUT2D eigenvalue weighted by atomic mass is 29.5. The maximum Gasteiger partial charge on any atom is 0.0381 e. The van der Waals surface area contributed by atoms with Crippen LogP contribution in [0.25, 0.3) is 0 Å². The summed E-state index contributed by atoms with van der Waals surface area (Å²) in [6.45, 7) is 6.99. The average molecular weight is 256 g/mol. The van der Waals surface area contributed by atoms with Crippen molar-refractivity contribution in [2.45, 2.75) is 77.4 Å². The van der Waals surface area contributed by atoms with Crippen LogP contribution in [0.15, 0.2) is 0 Å². The molecule has 0 rings (SSSR count). The summed E-state index contributed by atoms with van der Waals surface area (Å²) in [4.78, 5) is 0. The van der Waals surface area contributed by atoms with E-state index in [1.807, 2.05) is 0 Å². The Morgan fingerprint density at radius 2 is 1.13 bits per heavy atom. The molecule has 0 aliphatic heterocycles. The fourth-order valence-electron chi connectivity index (χ4n) is 2.11. The van der Waals surface area contributed by atoms with Gasteiger partial charge in [0.1, 0.15) is 0 Å². The highest BCUT2D eigenvalue weighted by Crippen LogP contribution is 2.26. The van der Waals surface area contributed by atoms with Gasteiger partial charge in [0.05, 0.1) is 0 Å². The van der Waals surface area contributed by atoms with Gasteiger partial charge in [-0.25, -0.2) is 0 Å². The van der Waals surface area contributed by atoms with Crippen LogP contribution in [-0.4, -0.2) is 25.9 Å². The first-order valence-corrected chi connectivity index (χ1v) is 12.8. The van der Waals surface area contributed by atoms with E-state index in [9.17, 15) is 0 Å². The molecule has 0 spiro atoms. The van der Waals surface area contributed by atoms with Gasteiger partial charge in [0, 0.05) is 25.9 Å². The van der Waals surface area contributed by atoms with Crippen molar-refractivity contribution in [3.63, 3.8) is 0 Å². The molecule has 0 saturated carbocycles. The van der Waals surface area contributed by atoms with Crippen LogP contribution in [0.4, 0.5) is 0 Å². The Labute approximate surface area is 103 Å². The monoisotopic (exact) mass is 255 g/mol. The van der Waals surface area contributed by atoms with Crippen LogP contribution in [0.3, 0.4) is 0 Å². The van der Waals surface area contributed by atoms with Crippen LogP contribution < -0.4 is 0 Å². The third-order valence-electron chi connectivity index (χ3n) is 3.29. The van der Waals surface area contributed by atoms with Gasteiger partial charge in [-0.15, -0.1) is 0 Å². The molecule has 0 amide bonds. The van der Waals surface area contributed by atoms with Crippen LogP contribution in [0, 0.1) is 0 Å². The number of hydrogen-bond acceptors (Lipinski definition) is 0. The molecule has 0 saturated heterocycles. The second-order valence-corrected chi connectivity index (χ2v) is 15.2. The normalized spacial score (nSPS) is 12.0. The third-order valence-corrected chi connectivity index (χ3v) is 16.4. The zero-order valence-electron chi connectivity index (χ0n) is 10.9. The largest absolute Gasteiger partial charge is 0.0654 e. The number of rotatable bonds is 10. The maximum atomic E-state index is 3.90. The van der Waals surface area contributed by atoms with E-state index in [2.05, 4.69) is 30.5 Å². The maximum absolute atomic E-state index is 3.90. The van der Waals surface area contributed by atoms with Crippen molar-refractivity contribution in [2.75, 3.05) is 0 Å². The Balaban J connectivity index is 4.16. The van der Waals surface area contributed by atoms with E-state index in [1.165, 1.54) is 38.5 Å². The summed E-state index contributed by atoms with van der Waals surface area (Å²) in [5.41, 5.74) is 0. The molecule has 0 fully saturated rings. The van der Waals surface area contributed by atoms with Crippen LogP contribution in [-0.2, 0) is 0 Å². The standard InChI is InChI=1S/C12H27Si3/c1-4-7-10-15(14-13,11-8-5-2)12-9-6-3/h4-12H2,1-3H3. The molecule has 0 nitrogen and oxygen atoms in total. The first kappa shape index (κ1) is 15.7. The smallest absolute Gasteiger partial charge is 0.0381 e. The fourth-order valence-corrected chi connectivity index (χ4v) is 12.4. The molecule has 0 aromatic rings. The summed E-state index contributed by atoms with van der Waals surface area (Å²) in [6.07, 6.45) is 8.54. The van der Waals surface area contributed by atoms with Gasteiger partial charge in [0.2, 0.25) is 0 Å². The summed E-state index contributed by atoms with van der Waals surface area (Å²) in [6, 6.07) is 4.72. The Morgan fingerprint density at radius 1 is 0.800 bits per heavy atom. The summed E-state index contributed by atoms with van der Waals surface area (Å²) in [7, 11) is 4.11. The van der Waals surface area contributed by atoms with Crippen molar-refractivity contribution in [3.05, 3.63) is 0 Å². The SMILES string of the molecule is CCCC[Si](CCCC)(CCCC)[Si][Si]. The lowest BCUT2D eigenvalue weighted by molar-refractivity contribution is 0.806. The first-order chi connectivity index (χ1) is 7.24. The highest BCUT2D eigenvalue weighted by Gasteiger charge is 2.28. The molecule has 0 aromatic carbocycles. The van der Waals surface area contributed by atoms with Gasteiger partial charge in [0.25, 0.3) is 0 Å². The van der Waals surface area contributed by atoms with Gasteiger partial charge in [-0.2, -0.15) is 0 Å². The molecule has 0 aliphatic rings. The van der Waals surface area contributed by atoms with Gasteiger partial charge in [0.15, 0.2) is 0 Å². The molecule has 0 bridgehead atoms. The first-order valence-electron chi connectivity index (χ1n) is 6.68. The third kappa shape index (κ3) is 6.74. The number of hydrogen-bond donors (Lipinski definition) is 0. The Morgan fingerprint density at radius 3 is 1.33 bits per heavy atom. The van der Waals surface area contributed by atoms with E-state index >= 15 is 0 Å². The topological polar surface area (TPSA) is 0 Å². The van der Waals surface area contributed by atoms with Crippen LogP contribution in [0.1, 0.15) is 59.3 Å². The predicted molar refractivity (Wildman–Crippen MR) is 76.4 cm³/mol. The molecule has 0 aromatic heterocycles. The summed E-state index contributed by atoms with van der Waals surface area (Å²) in [5, 5.41) is 0. The molecule has 87 valence electrons. The minimum atomic E-state index is -0.891. The lowest BCUT2D eigenvalue weighted by atomic mass is 10.4. The number of unbranched alkanes of at least 4 members (excludes halogenated alkanes) is 3. The van der Waals surface area contributed by atoms with Crippen molar-refractivity contribution in [1.82, 2.24) is 0 Å². The lowest BCUT2D eigenvalue weighted by Gasteiger charge is -2.30. The summed E-state index contributed by atoms with van der Waals surface area (Å²) < 4.78 is 0. The zero-order chi connectivity index (χ0) is 11.6. The molecular formula is C12H27Si3. The van der Waals surface area contributed by atoms with Crippen LogP contribution in [0.2, 0.25) is 18.1 Å². The molecule has 0 atom stereocenters. The minimum Gasteiger partial charge on any atom is -0.0654 e.